The number of nitrogens with two attached hydrogens (primary N) is 1. The normalized spacial score (nSPS) is 15.9. The van der Waals surface area contributed by atoms with Gasteiger partial charge in [0.25, 0.3) is 0 Å². The van der Waals surface area contributed by atoms with E-state index in [1.807, 2.05) is 24.3 Å². The van der Waals surface area contributed by atoms with Crippen molar-refractivity contribution in [1.82, 2.24) is 15.1 Å². The van der Waals surface area contributed by atoms with Crippen molar-refractivity contribution in [2.75, 3.05) is 45.5 Å². The predicted molar refractivity (Wildman–Crippen MR) is 112 cm³/mol. The molecule has 0 radical (unpaired) electrons. The van der Waals surface area contributed by atoms with Crippen LogP contribution in [0.25, 0.3) is 0 Å². The molecule has 3 N–H and O–H groups in total. The minimum absolute atomic E-state index is 0. The van der Waals surface area contributed by atoms with Crippen molar-refractivity contribution in [3.63, 3.8) is 0 Å². The van der Waals surface area contributed by atoms with Crippen LogP contribution in [0.5, 0.6) is 0 Å². The second kappa shape index (κ2) is 13.5. The summed E-state index contributed by atoms with van der Waals surface area (Å²) in [6.45, 7) is 7.37. The summed E-state index contributed by atoms with van der Waals surface area (Å²) in [6, 6.07) is 7.92. The molecule has 1 heterocycles. The molecular weight excluding hydrogens is 383 g/mol. The third kappa shape index (κ3) is 9.52. The number of halogens is 3. The number of likely N-dealkylation sites (N-methyl/N-ethyl adjacent to an activating group) is 1. The lowest BCUT2D eigenvalue weighted by atomic mass is 10.1. The van der Waals surface area contributed by atoms with E-state index in [1.165, 1.54) is 0 Å². The summed E-state index contributed by atoms with van der Waals surface area (Å²) in [5.74, 6) is 0.102. The second-order valence-electron chi connectivity index (χ2n) is 6.27. The van der Waals surface area contributed by atoms with E-state index in [9.17, 15) is 4.79 Å². The highest BCUT2D eigenvalue weighted by molar-refractivity contribution is 5.86. The molecule has 0 aromatic heterocycles. The number of piperazine rings is 1. The Morgan fingerprint density at radius 1 is 1.16 bits per heavy atom. The average molecular weight is 414 g/mol. The Morgan fingerprint density at radius 2 is 1.76 bits per heavy atom. The molecular formula is C17H31Cl3N4O. The summed E-state index contributed by atoms with van der Waals surface area (Å²) < 4.78 is 0. The van der Waals surface area contributed by atoms with Crippen LogP contribution in [0.15, 0.2) is 24.3 Å². The molecule has 2 rings (SSSR count). The van der Waals surface area contributed by atoms with Crippen LogP contribution in [0.1, 0.15) is 18.9 Å². The van der Waals surface area contributed by atoms with E-state index < -0.39 is 0 Å². The zero-order chi connectivity index (χ0) is 15.9. The number of hydrogen-bond acceptors (Lipinski definition) is 4. The fourth-order valence-corrected chi connectivity index (χ4v) is 2.82. The monoisotopic (exact) mass is 412 g/mol. The molecule has 25 heavy (non-hydrogen) atoms. The number of carbonyl (C=O) groups excluding carboxylic acids is 1. The molecule has 1 aliphatic rings. The summed E-state index contributed by atoms with van der Waals surface area (Å²) in [4.78, 5) is 16.8. The van der Waals surface area contributed by atoms with Crippen molar-refractivity contribution in [2.24, 2.45) is 0 Å². The number of nitrogens with zero attached hydrogens (tertiary/aromatic N) is 2. The standard InChI is InChI=1S/C17H28N4O.3ClH/c1-14(13-21-11-9-20(2)10-12-21)19-17(22)8-7-15-5-3-4-6-16(15)18;;;/h3-6,14H,7-13,18H2,1-2H3,(H,19,22);3*1H. The van der Waals surface area contributed by atoms with E-state index in [4.69, 9.17) is 5.73 Å². The van der Waals surface area contributed by atoms with Crippen LogP contribution < -0.4 is 11.1 Å². The van der Waals surface area contributed by atoms with E-state index >= 15 is 0 Å². The number of nitrogens with one attached hydrogen (secondary N) is 1. The first-order valence-electron chi connectivity index (χ1n) is 8.08. The minimum atomic E-state index is 0. The Labute approximate surface area is 169 Å². The molecule has 1 atom stereocenters. The van der Waals surface area contributed by atoms with Crippen molar-refractivity contribution < 1.29 is 4.79 Å². The second-order valence-corrected chi connectivity index (χ2v) is 6.27. The average Bonchev–Trinajstić information content (AvgIpc) is 2.49. The van der Waals surface area contributed by atoms with Gasteiger partial charge in [0, 0.05) is 50.9 Å². The molecule has 146 valence electrons. The van der Waals surface area contributed by atoms with Gasteiger partial charge in [-0.1, -0.05) is 18.2 Å². The van der Waals surface area contributed by atoms with Gasteiger partial charge < -0.3 is 16.0 Å². The maximum atomic E-state index is 12.1. The predicted octanol–water partition coefficient (Wildman–Crippen LogP) is 2.22. The van der Waals surface area contributed by atoms with Crippen molar-refractivity contribution in [3.8, 4) is 0 Å². The molecule has 1 aromatic carbocycles. The van der Waals surface area contributed by atoms with Crippen molar-refractivity contribution >= 4 is 48.8 Å². The number of nitrogen functional groups attached to an aromatic ring is 1. The SMILES string of the molecule is CC(CN1CCN(C)CC1)NC(=O)CCc1ccccc1N.Cl.Cl.Cl. The first kappa shape index (κ1) is 26.5. The van der Waals surface area contributed by atoms with Gasteiger partial charge >= 0.3 is 0 Å². The van der Waals surface area contributed by atoms with Gasteiger partial charge in [0.05, 0.1) is 0 Å². The van der Waals surface area contributed by atoms with Gasteiger partial charge in [0.15, 0.2) is 0 Å². The van der Waals surface area contributed by atoms with Gasteiger partial charge in [-0.05, 0) is 32.0 Å². The van der Waals surface area contributed by atoms with Gasteiger partial charge in [0.2, 0.25) is 5.91 Å². The number of aryl methyl sites for hydroxylation is 1. The number of hydrogen-bond donors (Lipinski definition) is 2. The molecule has 0 saturated carbocycles. The first-order chi connectivity index (χ1) is 10.5. The zero-order valence-electron chi connectivity index (χ0n) is 14.9. The Kier molecular flexibility index (Phi) is 14.3. The molecule has 5 nitrogen and oxygen atoms in total. The van der Waals surface area contributed by atoms with Crippen molar-refractivity contribution in [3.05, 3.63) is 29.8 Å². The lowest BCUT2D eigenvalue weighted by molar-refractivity contribution is -0.121. The number of para-hydroxylation sites is 1. The summed E-state index contributed by atoms with van der Waals surface area (Å²) in [5.41, 5.74) is 7.71. The van der Waals surface area contributed by atoms with Crippen LogP contribution in [0.4, 0.5) is 5.69 Å². The quantitative estimate of drug-likeness (QED) is 0.702. The fraction of sp³-hybridized carbons (Fsp3) is 0.588. The van der Waals surface area contributed by atoms with Crippen LogP contribution in [0, 0.1) is 0 Å². The molecule has 0 bridgehead atoms. The Hall–Kier alpha value is -0.720. The third-order valence-corrected chi connectivity index (χ3v) is 4.21. The van der Waals surface area contributed by atoms with Crippen LogP contribution in [-0.2, 0) is 11.2 Å². The van der Waals surface area contributed by atoms with E-state index in [0.29, 0.717) is 12.8 Å². The molecule has 1 aromatic rings. The molecule has 1 unspecified atom stereocenters. The minimum Gasteiger partial charge on any atom is -0.399 e. The fourth-order valence-electron chi connectivity index (χ4n) is 2.82. The summed E-state index contributed by atoms with van der Waals surface area (Å²) in [5, 5.41) is 3.09. The highest BCUT2D eigenvalue weighted by atomic mass is 35.5. The highest BCUT2D eigenvalue weighted by Gasteiger charge is 2.17. The lowest BCUT2D eigenvalue weighted by Gasteiger charge is -2.34. The Balaban J connectivity index is 0. The summed E-state index contributed by atoms with van der Waals surface area (Å²) in [6.07, 6.45) is 1.18. The maximum Gasteiger partial charge on any atom is 0.220 e. The molecule has 8 heteroatoms. The number of carbonyl (C=O) groups is 1. The van der Waals surface area contributed by atoms with Crippen LogP contribution in [0.3, 0.4) is 0 Å². The van der Waals surface area contributed by atoms with Gasteiger partial charge in [0.1, 0.15) is 0 Å². The number of rotatable bonds is 6. The van der Waals surface area contributed by atoms with Gasteiger partial charge in [-0.2, -0.15) is 0 Å². The number of anilines is 1. The van der Waals surface area contributed by atoms with E-state index in [-0.39, 0.29) is 49.2 Å². The summed E-state index contributed by atoms with van der Waals surface area (Å²) >= 11 is 0. The smallest absolute Gasteiger partial charge is 0.220 e. The maximum absolute atomic E-state index is 12.1. The van der Waals surface area contributed by atoms with Gasteiger partial charge in [-0.25, -0.2) is 0 Å². The van der Waals surface area contributed by atoms with E-state index in [1.54, 1.807) is 0 Å². The van der Waals surface area contributed by atoms with Crippen molar-refractivity contribution in [1.29, 1.82) is 0 Å². The lowest BCUT2D eigenvalue weighted by Crippen LogP contribution is -2.49. The summed E-state index contributed by atoms with van der Waals surface area (Å²) in [7, 11) is 2.15. The number of benzene rings is 1. The van der Waals surface area contributed by atoms with Crippen molar-refractivity contribution in [2.45, 2.75) is 25.8 Å². The van der Waals surface area contributed by atoms with Gasteiger partial charge in [-0.15, -0.1) is 37.2 Å². The molecule has 1 aliphatic heterocycles. The molecule has 1 fully saturated rings. The van der Waals surface area contributed by atoms with E-state index in [0.717, 1.165) is 44.0 Å². The van der Waals surface area contributed by atoms with Crippen LogP contribution in [-0.4, -0.2) is 61.5 Å². The first-order valence-corrected chi connectivity index (χ1v) is 8.08. The largest absolute Gasteiger partial charge is 0.399 e. The Bertz CT molecular complexity index is 497. The third-order valence-electron chi connectivity index (χ3n) is 4.21. The molecule has 0 aliphatic carbocycles. The highest BCUT2D eigenvalue weighted by Crippen LogP contribution is 2.12. The Morgan fingerprint density at radius 3 is 2.36 bits per heavy atom. The molecule has 1 saturated heterocycles. The number of amides is 1. The molecule has 1 amide bonds. The topological polar surface area (TPSA) is 61.6 Å². The zero-order valence-corrected chi connectivity index (χ0v) is 17.4. The van der Waals surface area contributed by atoms with Crippen LogP contribution >= 0.6 is 37.2 Å². The molecule has 0 spiro atoms. The van der Waals surface area contributed by atoms with Gasteiger partial charge in [-0.3, -0.25) is 9.69 Å². The van der Waals surface area contributed by atoms with Crippen LogP contribution in [0.2, 0.25) is 0 Å². The van der Waals surface area contributed by atoms with E-state index in [2.05, 4.69) is 29.1 Å².